The van der Waals surface area contributed by atoms with E-state index in [1.54, 1.807) is 24.8 Å². The third kappa shape index (κ3) is 4.98. The fourth-order valence-electron chi connectivity index (χ4n) is 5.14. The van der Waals surface area contributed by atoms with Gasteiger partial charge in [0.15, 0.2) is 0 Å². The van der Waals surface area contributed by atoms with Gasteiger partial charge < -0.3 is 20.1 Å². The first-order chi connectivity index (χ1) is 17.5. The second-order valence-corrected chi connectivity index (χ2v) is 9.83. The number of nitrogens with one attached hydrogen (secondary N) is 2. The summed E-state index contributed by atoms with van der Waals surface area (Å²) in [6, 6.07) is 9.89. The van der Waals surface area contributed by atoms with Crippen molar-refractivity contribution in [1.82, 2.24) is 19.4 Å². The van der Waals surface area contributed by atoms with Crippen molar-refractivity contribution in [2.45, 2.75) is 38.5 Å². The predicted molar refractivity (Wildman–Crippen MR) is 137 cm³/mol. The van der Waals surface area contributed by atoms with Crippen LogP contribution in [0.5, 0.6) is 0 Å². The van der Waals surface area contributed by atoms with Crippen molar-refractivity contribution in [2.75, 3.05) is 36.4 Å². The Morgan fingerprint density at radius 2 is 1.89 bits per heavy atom. The molecule has 2 saturated heterocycles. The number of rotatable bonds is 4. The van der Waals surface area contributed by atoms with Crippen molar-refractivity contribution >= 4 is 23.3 Å². The summed E-state index contributed by atoms with van der Waals surface area (Å²) in [6.45, 7) is 5.59. The smallest absolute Gasteiger partial charge is 0.329 e. The van der Waals surface area contributed by atoms with Crippen molar-refractivity contribution in [2.24, 2.45) is 5.92 Å². The molecule has 186 valence electrons. The highest BCUT2D eigenvalue weighted by molar-refractivity contribution is 6.05. The SMILES string of the molecule is CC1CCN(c2cc(C3CCN(C(=O)n4ccnc4)CC3)ccc2NC(=O)c2cc(C#N)c[nH]2)CC1. The topological polar surface area (TPSA) is 110 Å². The number of H-pyrrole nitrogens is 1. The van der Waals surface area contributed by atoms with Crippen LogP contribution in [0.2, 0.25) is 0 Å². The molecule has 0 spiro atoms. The second kappa shape index (κ2) is 10.3. The van der Waals surface area contributed by atoms with Gasteiger partial charge in [-0.15, -0.1) is 0 Å². The summed E-state index contributed by atoms with van der Waals surface area (Å²) >= 11 is 0. The van der Waals surface area contributed by atoms with E-state index in [2.05, 4.69) is 39.2 Å². The minimum absolute atomic E-state index is 0.0315. The van der Waals surface area contributed by atoms with Gasteiger partial charge in [0.2, 0.25) is 0 Å². The van der Waals surface area contributed by atoms with Crippen LogP contribution in [-0.4, -0.2) is 57.6 Å². The Kier molecular flexibility index (Phi) is 6.76. The normalized spacial score (nSPS) is 17.1. The molecule has 2 aromatic heterocycles. The lowest BCUT2D eigenvalue weighted by molar-refractivity contribution is 0.102. The summed E-state index contributed by atoms with van der Waals surface area (Å²) in [5, 5.41) is 12.1. The van der Waals surface area contributed by atoms with E-state index in [0.717, 1.165) is 50.1 Å². The number of benzene rings is 1. The molecule has 0 unspecified atom stereocenters. The molecule has 2 aliphatic heterocycles. The van der Waals surface area contributed by atoms with E-state index in [1.807, 2.05) is 17.0 Å². The number of amides is 2. The third-order valence-corrected chi connectivity index (χ3v) is 7.41. The summed E-state index contributed by atoms with van der Waals surface area (Å²) in [6.07, 6.45) is 10.4. The van der Waals surface area contributed by atoms with Crippen molar-refractivity contribution in [3.8, 4) is 6.07 Å². The molecular weight excluding hydrogens is 454 g/mol. The summed E-state index contributed by atoms with van der Waals surface area (Å²) in [4.78, 5) is 36.7. The summed E-state index contributed by atoms with van der Waals surface area (Å²) < 4.78 is 1.52. The number of likely N-dealkylation sites (tertiary alicyclic amines) is 1. The Hall–Kier alpha value is -4.06. The molecule has 36 heavy (non-hydrogen) atoms. The Morgan fingerprint density at radius 3 is 2.56 bits per heavy atom. The van der Waals surface area contributed by atoms with Crippen LogP contribution in [0, 0.1) is 17.2 Å². The van der Waals surface area contributed by atoms with Crippen molar-refractivity contribution < 1.29 is 9.59 Å². The molecule has 2 amide bonds. The van der Waals surface area contributed by atoms with Gasteiger partial charge in [0.1, 0.15) is 18.1 Å². The first kappa shape index (κ1) is 23.7. The fourth-order valence-corrected chi connectivity index (χ4v) is 5.14. The van der Waals surface area contributed by atoms with Crippen LogP contribution >= 0.6 is 0 Å². The number of aromatic amines is 1. The van der Waals surface area contributed by atoms with E-state index in [-0.39, 0.29) is 11.9 Å². The molecule has 9 heteroatoms. The molecule has 9 nitrogen and oxygen atoms in total. The lowest BCUT2D eigenvalue weighted by Crippen LogP contribution is -2.40. The minimum atomic E-state index is -0.262. The van der Waals surface area contributed by atoms with Crippen molar-refractivity contribution in [3.63, 3.8) is 0 Å². The summed E-state index contributed by atoms with van der Waals surface area (Å²) in [5.74, 6) is 0.788. The molecule has 2 fully saturated rings. The van der Waals surface area contributed by atoms with Crippen LogP contribution in [0.15, 0.2) is 49.2 Å². The second-order valence-electron chi connectivity index (χ2n) is 9.83. The molecule has 2 aliphatic rings. The molecule has 0 aliphatic carbocycles. The molecule has 0 atom stereocenters. The van der Waals surface area contributed by atoms with E-state index in [1.165, 1.54) is 16.3 Å². The largest absolute Gasteiger partial charge is 0.370 e. The Bertz CT molecular complexity index is 1260. The number of hydrogen-bond donors (Lipinski definition) is 2. The van der Waals surface area contributed by atoms with E-state index in [0.29, 0.717) is 36.2 Å². The number of hydrogen-bond acceptors (Lipinski definition) is 5. The Labute approximate surface area is 210 Å². The van der Waals surface area contributed by atoms with Gasteiger partial charge in [-0.3, -0.25) is 9.36 Å². The average Bonchev–Trinajstić information content (AvgIpc) is 3.62. The molecular formula is C27H31N7O2. The fraction of sp³-hybridized carbons (Fsp3) is 0.407. The average molecular weight is 486 g/mol. The highest BCUT2D eigenvalue weighted by atomic mass is 16.2. The molecule has 4 heterocycles. The highest BCUT2D eigenvalue weighted by Gasteiger charge is 2.27. The number of anilines is 2. The Balaban J connectivity index is 1.34. The van der Waals surface area contributed by atoms with Gasteiger partial charge in [-0.05, 0) is 61.3 Å². The maximum Gasteiger partial charge on any atom is 0.329 e. The van der Waals surface area contributed by atoms with E-state index < -0.39 is 0 Å². The van der Waals surface area contributed by atoms with Crippen LogP contribution in [0.4, 0.5) is 16.2 Å². The maximum atomic E-state index is 12.9. The van der Waals surface area contributed by atoms with E-state index >= 15 is 0 Å². The zero-order valence-electron chi connectivity index (χ0n) is 20.5. The Morgan fingerprint density at radius 1 is 1.11 bits per heavy atom. The summed E-state index contributed by atoms with van der Waals surface area (Å²) in [5.41, 5.74) is 3.85. The van der Waals surface area contributed by atoms with Crippen molar-refractivity contribution in [3.05, 3.63) is 66.0 Å². The van der Waals surface area contributed by atoms with Gasteiger partial charge >= 0.3 is 6.03 Å². The van der Waals surface area contributed by atoms with Crippen LogP contribution in [0.1, 0.15) is 60.1 Å². The number of imidazole rings is 1. The minimum Gasteiger partial charge on any atom is -0.370 e. The van der Waals surface area contributed by atoms with Crippen molar-refractivity contribution in [1.29, 1.82) is 5.26 Å². The first-order valence-electron chi connectivity index (χ1n) is 12.6. The quantitative estimate of drug-likeness (QED) is 0.568. The number of nitriles is 1. The van der Waals surface area contributed by atoms with Gasteiger partial charge in [-0.1, -0.05) is 13.0 Å². The standard InChI is InChI=1S/C27H31N7O2/c1-19-4-9-32(10-5-19)25-15-22(2-3-23(25)31-26(35)24-14-20(16-28)17-30-24)21-6-11-33(12-7-21)27(36)34-13-8-29-18-34/h2-3,8,13-15,17-19,21,30H,4-7,9-12H2,1H3,(H,31,35). The number of nitrogens with zero attached hydrogens (tertiary/aromatic N) is 5. The molecule has 0 radical (unpaired) electrons. The monoisotopic (exact) mass is 485 g/mol. The first-order valence-corrected chi connectivity index (χ1v) is 12.6. The van der Waals surface area contributed by atoms with Gasteiger partial charge in [0.05, 0.1) is 16.9 Å². The van der Waals surface area contributed by atoms with Gasteiger partial charge in [0.25, 0.3) is 5.91 Å². The van der Waals surface area contributed by atoms with Crippen LogP contribution in [0.25, 0.3) is 0 Å². The van der Waals surface area contributed by atoms with Crippen LogP contribution in [-0.2, 0) is 0 Å². The zero-order chi connectivity index (χ0) is 25.1. The van der Waals surface area contributed by atoms with Crippen LogP contribution < -0.4 is 10.2 Å². The van der Waals surface area contributed by atoms with E-state index in [4.69, 9.17) is 5.26 Å². The lowest BCUT2D eigenvalue weighted by atomic mass is 9.88. The highest BCUT2D eigenvalue weighted by Crippen LogP contribution is 2.36. The predicted octanol–water partition coefficient (Wildman–Crippen LogP) is 4.42. The van der Waals surface area contributed by atoms with Gasteiger partial charge in [-0.25, -0.2) is 9.78 Å². The summed E-state index contributed by atoms with van der Waals surface area (Å²) in [7, 11) is 0. The third-order valence-electron chi connectivity index (χ3n) is 7.41. The molecule has 0 bridgehead atoms. The number of piperidine rings is 2. The lowest BCUT2D eigenvalue weighted by Gasteiger charge is -2.35. The maximum absolute atomic E-state index is 12.9. The molecule has 3 aromatic rings. The van der Waals surface area contributed by atoms with Gasteiger partial charge in [-0.2, -0.15) is 5.26 Å². The molecule has 0 saturated carbocycles. The van der Waals surface area contributed by atoms with E-state index in [9.17, 15) is 9.59 Å². The van der Waals surface area contributed by atoms with Crippen LogP contribution in [0.3, 0.4) is 0 Å². The zero-order valence-corrected chi connectivity index (χ0v) is 20.5. The molecule has 5 rings (SSSR count). The molecule has 2 N–H and O–H groups in total. The molecule has 1 aromatic carbocycles. The van der Waals surface area contributed by atoms with Gasteiger partial charge in [0, 0.05) is 44.8 Å². The number of carbonyl (C=O) groups is 2. The number of aromatic nitrogens is 3. The number of carbonyl (C=O) groups excluding carboxylic acids is 2.